The highest BCUT2D eigenvalue weighted by Crippen LogP contribution is 2.34. The first kappa shape index (κ1) is 11.9. The van der Waals surface area contributed by atoms with Gasteiger partial charge in [-0.05, 0) is 38.8 Å². The van der Waals surface area contributed by atoms with Crippen molar-refractivity contribution in [2.75, 3.05) is 11.9 Å². The van der Waals surface area contributed by atoms with Crippen molar-refractivity contribution in [3.8, 4) is 0 Å². The summed E-state index contributed by atoms with van der Waals surface area (Å²) in [6.07, 6.45) is 1.26. The third kappa shape index (κ3) is 1.89. The van der Waals surface area contributed by atoms with Gasteiger partial charge in [0.05, 0.1) is 21.9 Å². The van der Waals surface area contributed by atoms with Gasteiger partial charge < -0.3 is 10.1 Å². The number of thiazole rings is 1. The van der Waals surface area contributed by atoms with Crippen molar-refractivity contribution in [3.63, 3.8) is 0 Å². The predicted molar refractivity (Wildman–Crippen MR) is 76.4 cm³/mol. The Kier molecular flexibility index (Phi) is 2.79. The van der Waals surface area contributed by atoms with E-state index >= 15 is 0 Å². The molecule has 1 aromatic heterocycles. The maximum atomic E-state index is 5.65. The normalized spacial score (nSPS) is 27.8. The third-order valence-electron chi connectivity index (χ3n) is 3.90. The van der Waals surface area contributed by atoms with Gasteiger partial charge in [-0.25, -0.2) is 4.98 Å². The van der Waals surface area contributed by atoms with E-state index in [4.69, 9.17) is 9.72 Å². The van der Waals surface area contributed by atoms with Crippen LogP contribution in [0.2, 0.25) is 0 Å². The summed E-state index contributed by atoms with van der Waals surface area (Å²) >= 11 is 1.72. The minimum atomic E-state index is 0.00177. The fourth-order valence-electron chi connectivity index (χ4n) is 2.38. The number of para-hydroxylation sites is 1. The van der Waals surface area contributed by atoms with E-state index in [-0.39, 0.29) is 11.6 Å². The van der Waals surface area contributed by atoms with Crippen LogP contribution in [0, 0.1) is 6.92 Å². The van der Waals surface area contributed by atoms with Crippen LogP contribution >= 0.6 is 11.3 Å². The molecule has 0 aliphatic carbocycles. The van der Waals surface area contributed by atoms with Crippen molar-refractivity contribution in [2.24, 2.45) is 0 Å². The van der Waals surface area contributed by atoms with Crippen LogP contribution in [-0.4, -0.2) is 23.2 Å². The van der Waals surface area contributed by atoms with E-state index in [1.807, 2.05) is 0 Å². The maximum Gasteiger partial charge on any atom is 0.184 e. The minimum absolute atomic E-state index is 0.00177. The number of anilines is 1. The zero-order chi connectivity index (χ0) is 12.8. The topological polar surface area (TPSA) is 34.1 Å². The second-order valence-electron chi connectivity index (χ2n) is 5.25. The molecule has 1 fully saturated rings. The summed E-state index contributed by atoms with van der Waals surface area (Å²) in [5.74, 6) is 0. The Morgan fingerprint density at radius 3 is 3.00 bits per heavy atom. The number of hydrogen-bond acceptors (Lipinski definition) is 4. The molecular weight excluding hydrogens is 244 g/mol. The van der Waals surface area contributed by atoms with Gasteiger partial charge in [-0.3, -0.25) is 0 Å². The summed E-state index contributed by atoms with van der Waals surface area (Å²) in [5.41, 5.74) is 2.35. The molecule has 1 aliphatic heterocycles. The van der Waals surface area contributed by atoms with E-state index in [2.05, 4.69) is 44.3 Å². The van der Waals surface area contributed by atoms with Crippen molar-refractivity contribution in [1.29, 1.82) is 0 Å². The van der Waals surface area contributed by atoms with Gasteiger partial charge in [0, 0.05) is 6.61 Å². The number of rotatable bonds is 2. The van der Waals surface area contributed by atoms with Gasteiger partial charge in [-0.2, -0.15) is 0 Å². The van der Waals surface area contributed by atoms with Crippen LogP contribution in [-0.2, 0) is 4.74 Å². The summed E-state index contributed by atoms with van der Waals surface area (Å²) < 4.78 is 6.90. The van der Waals surface area contributed by atoms with Crippen molar-refractivity contribution < 1.29 is 4.74 Å². The number of ether oxygens (including phenoxy) is 1. The highest BCUT2D eigenvalue weighted by molar-refractivity contribution is 7.22. The van der Waals surface area contributed by atoms with Crippen LogP contribution in [0.25, 0.3) is 10.2 Å². The first-order valence-corrected chi connectivity index (χ1v) is 7.16. The number of aromatic nitrogens is 1. The SMILES string of the molecule is Cc1cccc2sc(NC3(C)CCOC3C)nc12. The van der Waals surface area contributed by atoms with Crippen molar-refractivity contribution >= 4 is 26.7 Å². The van der Waals surface area contributed by atoms with Crippen molar-refractivity contribution in [1.82, 2.24) is 4.98 Å². The monoisotopic (exact) mass is 262 g/mol. The van der Waals surface area contributed by atoms with E-state index in [1.54, 1.807) is 11.3 Å². The van der Waals surface area contributed by atoms with E-state index in [1.165, 1.54) is 10.3 Å². The molecule has 1 N–H and O–H groups in total. The van der Waals surface area contributed by atoms with Crippen molar-refractivity contribution in [3.05, 3.63) is 23.8 Å². The molecule has 1 aromatic carbocycles. The first-order valence-electron chi connectivity index (χ1n) is 6.34. The fraction of sp³-hybridized carbons (Fsp3) is 0.500. The molecule has 1 aliphatic rings. The first-order chi connectivity index (χ1) is 8.58. The molecule has 2 aromatic rings. The quantitative estimate of drug-likeness (QED) is 0.898. The van der Waals surface area contributed by atoms with Gasteiger partial charge in [0.15, 0.2) is 5.13 Å². The second kappa shape index (κ2) is 4.21. The molecular formula is C14H18N2OS. The number of fused-ring (bicyclic) bond motifs is 1. The van der Waals surface area contributed by atoms with Crippen molar-refractivity contribution in [2.45, 2.75) is 38.8 Å². The number of hydrogen-bond donors (Lipinski definition) is 1. The van der Waals surface area contributed by atoms with Crippen LogP contribution in [0.3, 0.4) is 0 Å². The largest absolute Gasteiger partial charge is 0.376 e. The predicted octanol–water partition coefficient (Wildman–Crippen LogP) is 3.58. The Morgan fingerprint density at radius 2 is 2.33 bits per heavy atom. The highest BCUT2D eigenvalue weighted by Gasteiger charge is 2.37. The lowest BCUT2D eigenvalue weighted by molar-refractivity contribution is 0.105. The molecule has 0 bridgehead atoms. The maximum absolute atomic E-state index is 5.65. The highest BCUT2D eigenvalue weighted by atomic mass is 32.1. The van der Waals surface area contributed by atoms with Gasteiger partial charge in [0.2, 0.25) is 0 Å². The summed E-state index contributed by atoms with van der Waals surface area (Å²) in [4.78, 5) is 4.71. The summed E-state index contributed by atoms with van der Waals surface area (Å²) in [5, 5.41) is 4.57. The van der Waals surface area contributed by atoms with E-state index in [0.29, 0.717) is 0 Å². The fourth-order valence-corrected chi connectivity index (χ4v) is 3.46. The van der Waals surface area contributed by atoms with E-state index in [0.717, 1.165) is 23.7 Å². The number of benzene rings is 1. The van der Waals surface area contributed by atoms with Crippen LogP contribution in [0.4, 0.5) is 5.13 Å². The molecule has 0 amide bonds. The summed E-state index contributed by atoms with van der Waals surface area (Å²) in [6, 6.07) is 6.32. The van der Waals surface area contributed by atoms with Crippen LogP contribution < -0.4 is 5.32 Å². The number of aryl methyl sites for hydroxylation is 1. The molecule has 96 valence electrons. The Labute approximate surface area is 111 Å². The smallest absolute Gasteiger partial charge is 0.184 e. The lowest BCUT2D eigenvalue weighted by atomic mass is 9.95. The molecule has 4 heteroatoms. The van der Waals surface area contributed by atoms with Gasteiger partial charge in [0.25, 0.3) is 0 Å². The third-order valence-corrected chi connectivity index (χ3v) is 4.84. The molecule has 0 spiro atoms. The molecule has 2 atom stereocenters. The van der Waals surface area contributed by atoms with Gasteiger partial charge >= 0.3 is 0 Å². The zero-order valence-corrected chi connectivity index (χ0v) is 11.8. The Morgan fingerprint density at radius 1 is 1.50 bits per heavy atom. The van der Waals surface area contributed by atoms with E-state index < -0.39 is 0 Å². The van der Waals surface area contributed by atoms with Gasteiger partial charge in [-0.1, -0.05) is 23.5 Å². The zero-order valence-electron chi connectivity index (χ0n) is 11.0. The summed E-state index contributed by atoms with van der Waals surface area (Å²) in [6.45, 7) is 7.27. The number of nitrogens with one attached hydrogen (secondary N) is 1. The molecule has 3 rings (SSSR count). The molecule has 3 nitrogen and oxygen atoms in total. The van der Waals surface area contributed by atoms with Crippen LogP contribution in [0.15, 0.2) is 18.2 Å². The van der Waals surface area contributed by atoms with Gasteiger partial charge in [-0.15, -0.1) is 0 Å². The average molecular weight is 262 g/mol. The standard InChI is InChI=1S/C14H18N2OS/c1-9-5-4-6-11-12(9)15-13(18-11)16-14(3)7-8-17-10(14)2/h4-6,10H,7-8H2,1-3H3,(H,15,16). The Balaban J connectivity index is 1.93. The minimum Gasteiger partial charge on any atom is -0.376 e. The van der Waals surface area contributed by atoms with Crippen LogP contribution in [0.5, 0.6) is 0 Å². The van der Waals surface area contributed by atoms with Crippen LogP contribution in [0.1, 0.15) is 25.8 Å². The average Bonchev–Trinajstić information content (AvgIpc) is 2.85. The Hall–Kier alpha value is -1.13. The molecule has 0 radical (unpaired) electrons. The lowest BCUT2D eigenvalue weighted by Gasteiger charge is -2.28. The molecule has 0 saturated carbocycles. The second-order valence-corrected chi connectivity index (χ2v) is 6.28. The molecule has 1 saturated heterocycles. The molecule has 2 unspecified atom stereocenters. The number of nitrogens with zero attached hydrogens (tertiary/aromatic N) is 1. The Bertz CT molecular complexity index is 580. The van der Waals surface area contributed by atoms with E-state index in [9.17, 15) is 0 Å². The lowest BCUT2D eigenvalue weighted by Crippen LogP contribution is -2.41. The summed E-state index contributed by atoms with van der Waals surface area (Å²) in [7, 11) is 0. The molecule has 18 heavy (non-hydrogen) atoms. The molecule has 2 heterocycles. The van der Waals surface area contributed by atoms with Gasteiger partial charge in [0.1, 0.15) is 0 Å².